The second-order valence-corrected chi connectivity index (χ2v) is 4.71. The second-order valence-electron chi connectivity index (χ2n) is 4.33. The van der Waals surface area contributed by atoms with E-state index in [1.807, 2.05) is 0 Å². The number of hydrogen-bond donors (Lipinski definition) is 1. The summed E-state index contributed by atoms with van der Waals surface area (Å²) in [6, 6.07) is 0.552. The molecule has 1 aromatic rings. The van der Waals surface area contributed by atoms with Gasteiger partial charge in [0.05, 0.1) is 12.4 Å². The molecular formula is C11H16ClN3. The van der Waals surface area contributed by atoms with Crippen molar-refractivity contribution in [3.05, 3.63) is 17.5 Å². The van der Waals surface area contributed by atoms with Crippen molar-refractivity contribution in [3.8, 4) is 0 Å². The molecule has 4 heteroatoms. The molecular weight excluding hydrogens is 210 g/mol. The van der Waals surface area contributed by atoms with Gasteiger partial charge in [0.25, 0.3) is 0 Å². The maximum absolute atomic E-state index is 5.67. The molecule has 82 valence electrons. The molecule has 0 atom stereocenters. The Morgan fingerprint density at radius 3 is 2.53 bits per heavy atom. The van der Waals surface area contributed by atoms with Gasteiger partial charge >= 0.3 is 0 Å². The second kappa shape index (κ2) is 4.79. The molecule has 1 heterocycles. The third kappa shape index (κ3) is 3.06. The quantitative estimate of drug-likeness (QED) is 0.841. The van der Waals surface area contributed by atoms with E-state index in [-0.39, 0.29) is 0 Å². The van der Waals surface area contributed by atoms with E-state index < -0.39 is 0 Å². The zero-order chi connectivity index (χ0) is 10.7. The van der Waals surface area contributed by atoms with Crippen LogP contribution in [0.25, 0.3) is 0 Å². The fraction of sp³-hybridized carbons (Fsp3) is 0.636. The van der Waals surface area contributed by atoms with Gasteiger partial charge < -0.3 is 5.32 Å². The molecule has 0 bridgehead atoms. The molecule has 2 rings (SSSR count). The molecule has 0 amide bonds. The van der Waals surface area contributed by atoms with Crippen molar-refractivity contribution in [2.24, 2.45) is 5.92 Å². The minimum atomic E-state index is 0.442. The molecule has 0 aromatic carbocycles. The maximum atomic E-state index is 5.67. The average molecular weight is 226 g/mol. The minimum Gasteiger partial charge on any atom is -0.366 e. The standard InChI is InChI=1S/C11H16ClN3/c1-8-2-4-9(5-3-8)15-11-7-13-10(12)6-14-11/h6-9H,2-5H2,1H3,(H,14,15). The Labute approximate surface area is 95.3 Å². The lowest BCUT2D eigenvalue weighted by Crippen LogP contribution is -2.25. The molecule has 1 saturated carbocycles. The number of halogens is 1. The molecule has 1 aliphatic rings. The van der Waals surface area contributed by atoms with E-state index in [1.54, 1.807) is 12.4 Å². The summed E-state index contributed by atoms with van der Waals surface area (Å²) in [6.07, 6.45) is 8.34. The lowest BCUT2D eigenvalue weighted by Gasteiger charge is -2.27. The van der Waals surface area contributed by atoms with Crippen molar-refractivity contribution in [1.29, 1.82) is 0 Å². The van der Waals surface area contributed by atoms with Crippen LogP contribution in [-0.4, -0.2) is 16.0 Å². The smallest absolute Gasteiger partial charge is 0.147 e. The molecule has 1 N–H and O–H groups in total. The Morgan fingerprint density at radius 2 is 1.93 bits per heavy atom. The summed E-state index contributed by atoms with van der Waals surface area (Å²) in [5.41, 5.74) is 0. The highest BCUT2D eigenvalue weighted by Crippen LogP contribution is 2.25. The molecule has 0 spiro atoms. The van der Waals surface area contributed by atoms with Gasteiger partial charge in [0.15, 0.2) is 0 Å². The first kappa shape index (κ1) is 10.7. The van der Waals surface area contributed by atoms with Gasteiger partial charge in [-0.05, 0) is 31.6 Å². The maximum Gasteiger partial charge on any atom is 0.147 e. The van der Waals surface area contributed by atoms with Crippen molar-refractivity contribution in [2.45, 2.75) is 38.6 Å². The predicted octanol–water partition coefficient (Wildman–Crippen LogP) is 3.12. The van der Waals surface area contributed by atoms with Crippen molar-refractivity contribution < 1.29 is 0 Å². The van der Waals surface area contributed by atoms with Crippen LogP contribution in [-0.2, 0) is 0 Å². The number of rotatable bonds is 2. The van der Waals surface area contributed by atoms with E-state index in [9.17, 15) is 0 Å². The number of hydrogen-bond acceptors (Lipinski definition) is 3. The fourth-order valence-electron chi connectivity index (χ4n) is 2.00. The van der Waals surface area contributed by atoms with Crippen LogP contribution in [0.1, 0.15) is 32.6 Å². The van der Waals surface area contributed by atoms with Crippen molar-refractivity contribution in [1.82, 2.24) is 9.97 Å². The van der Waals surface area contributed by atoms with Crippen molar-refractivity contribution in [3.63, 3.8) is 0 Å². The highest BCUT2D eigenvalue weighted by Gasteiger charge is 2.18. The molecule has 0 radical (unpaired) electrons. The topological polar surface area (TPSA) is 37.8 Å². The monoisotopic (exact) mass is 225 g/mol. The summed E-state index contributed by atoms with van der Waals surface area (Å²) in [4.78, 5) is 8.19. The van der Waals surface area contributed by atoms with Crippen LogP contribution < -0.4 is 5.32 Å². The van der Waals surface area contributed by atoms with Gasteiger partial charge in [0.2, 0.25) is 0 Å². The molecule has 15 heavy (non-hydrogen) atoms. The SMILES string of the molecule is CC1CCC(Nc2cnc(Cl)cn2)CC1. The average Bonchev–Trinajstić information content (AvgIpc) is 2.25. The van der Waals surface area contributed by atoms with Crippen LogP contribution in [0.2, 0.25) is 5.15 Å². The van der Waals surface area contributed by atoms with Gasteiger partial charge in [-0.1, -0.05) is 18.5 Å². The Hall–Kier alpha value is -0.830. The molecule has 1 aromatic heterocycles. The summed E-state index contributed by atoms with van der Waals surface area (Å²) in [5, 5.41) is 3.84. The van der Waals surface area contributed by atoms with Crippen LogP contribution in [0.4, 0.5) is 5.82 Å². The van der Waals surface area contributed by atoms with Crippen LogP contribution in [0, 0.1) is 5.92 Å². The van der Waals surface area contributed by atoms with Crippen LogP contribution in [0.15, 0.2) is 12.4 Å². The highest BCUT2D eigenvalue weighted by molar-refractivity contribution is 6.29. The van der Waals surface area contributed by atoms with Gasteiger partial charge in [-0.15, -0.1) is 0 Å². The van der Waals surface area contributed by atoms with E-state index in [1.165, 1.54) is 25.7 Å². The van der Waals surface area contributed by atoms with Gasteiger partial charge in [0, 0.05) is 6.04 Å². The molecule has 0 aliphatic heterocycles. The predicted molar refractivity (Wildman–Crippen MR) is 62.1 cm³/mol. The van der Waals surface area contributed by atoms with E-state index in [2.05, 4.69) is 22.2 Å². The minimum absolute atomic E-state index is 0.442. The zero-order valence-electron chi connectivity index (χ0n) is 8.91. The van der Waals surface area contributed by atoms with E-state index in [0.717, 1.165) is 11.7 Å². The van der Waals surface area contributed by atoms with Gasteiger partial charge in [-0.25, -0.2) is 9.97 Å². The van der Waals surface area contributed by atoms with E-state index in [4.69, 9.17) is 11.6 Å². The molecule has 1 aliphatic carbocycles. The summed E-state index contributed by atoms with van der Waals surface area (Å²) in [5.74, 6) is 1.71. The van der Waals surface area contributed by atoms with Gasteiger partial charge in [-0.2, -0.15) is 0 Å². The Morgan fingerprint density at radius 1 is 1.20 bits per heavy atom. The number of anilines is 1. The highest BCUT2D eigenvalue weighted by atomic mass is 35.5. The molecule has 0 unspecified atom stereocenters. The van der Waals surface area contributed by atoms with Crippen LogP contribution in [0.5, 0.6) is 0 Å². The summed E-state index contributed by atoms with van der Waals surface area (Å²) in [7, 11) is 0. The fourth-order valence-corrected chi connectivity index (χ4v) is 2.10. The third-order valence-corrected chi connectivity index (χ3v) is 3.18. The van der Waals surface area contributed by atoms with Crippen molar-refractivity contribution >= 4 is 17.4 Å². The lowest BCUT2D eigenvalue weighted by atomic mass is 9.87. The Kier molecular flexibility index (Phi) is 3.41. The first-order valence-corrected chi connectivity index (χ1v) is 5.86. The number of nitrogens with one attached hydrogen (secondary N) is 1. The van der Waals surface area contributed by atoms with Gasteiger partial charge in [0.1, 0.15) is 11.0 Å². The molecule has 0 saturated heterocycles. The van der Waals surface area contributed by atoms with Gasteiger partial charge in [-0.3, -0.25) is 0 Å². The third-order valence-electron chi connectivity index (χ3n) is 2.99. The number of aromatic nitrogens is 2. The Bertz CT molecular complexity index is 304. The van der Waals surface area contributed by atoms with E-state index in [0.29, 0.717) is 11.2 Å². The first-order valence-electron chi connectivity index (χ1n) is 5.48. The number of nitrogens with zero attached hydrogens (tertiary/aromatic N) is 2. The summed E-state index contributed by atoms with van der Waals surface area (Å²) in [6.45, 7) is 2.32. The summed E-state index contributed by atoms with van der Waals surface area (Å²) < 4.78 is 0. The largest absolute Gasteiger partial charge is 0.366 e. The molecule has 1 fully saturated rings. The van der Waals surface area contributed by atoms with E-state index >= 15 is 0 Å². The van der Waals surface area contributed by atoms with Crippen LogP contribution in [0.3, 0.4) is 0 Å². The van der Waals surface area contributed by atoms with Crippen molar-refractivity contribution in [2.75, 3.05) is 5.32 Å². The Balaban J connectivity index is 1.89. The lowest BCUT2D eigenvalue weighted by molar-refractivity contribution is 0.361. The summed E-state index contributed by atoms with van der Waals surface area (Å²) >= 11 is 5.67. The molecule has 3 nitrogen and oxygen atoms in total. The van der Waals surface area contributed by atoms with Crippen LogP contribution >= 0.6 is 11.6 Å². The first-order chi connectivity index (χ1) is 7.24. The normalized spacial score (nSPS) is 26.3. The zero-order valence-corrected chi connectivity index (χ0v) is 9.67.